The molecule has 35 heavy (non-hydrogen) atoms. The van der Waals surface area contributed by atoms with Crippen molar-refractivity contribution in [2.24, 2.45) is 0 Å². The van der Waals surface area contributed by atoms with Crippen molar-refractivity contribution >= 4 is 15.7 Å². The number of sulfone groups is 1. The average molecular weight is 493 g/mol. The third-order valence-corrected chi connectivity index (χ3v) is 7.01. The smallest absolute Gasteiger partial charge is 0.270 e. The summed E-state index contributed by atoms with van der Waals surface area (Å²) in [5, 5.41) is 11.6. The fourth-order valence-electron chi connectivity index (χ4n) is 4.03. The van der Waals surface area contributed by atoms with Crippen molar-refractivity contribution in [3.05, 3.63) is 84.3 Å². The molecule has 1 aromatic carbocycles. The molecule has 1 aliphatic carbocycles. The summed E-state index contributed by atoms with van der Waals surface area (Å²) in [6, 6.07) is 14.3. The van der Waals surface area contributed by atoms with Crippen LogP contribution in [0.1, 0.15) is 35.1 Å². The molecule has 1 N–H and O–H groups in total. The van der Waals surface area contributed by atoms with Crippen molar-refractivity contribution < 1.29 is 17.6 Å². The number of nitrogens with one attached hydrogen (secondary N) is 1. The third-order valence-electron chi connectivity index (χ3n) is 5.91. The van der Waals surface area contributed by atoms with Gasteiger partial charge in [-0.1, -0.05) is 18.2 Å². The van der Waals surface area contributed by atoms with Crippen molar-refractivity contribution in [1.29, 1.82) is 0 Å². The second-order valence-corrected chi connectivity index (χ2v) is 10.4. The van der Waals surface area contributed by atoms with E-state index in [4.69, 9.17) is 0 Å². The Hall–Kier alpha value is -3.99. The number of halogens is 1. The highest BCUT2D eigenvalue weighted by Crippen LogP contribution is 2.39. The molecule has 3 heterocycles. The van der Waals surface area contributed by atoms with Crippen LogP contribution in [0.5, 0.6) is 0 Å². The molecule has 0 radical (unpaired) electrons. The predicted molar refractivity (Wildman–Crippen MR) is 125 cm³/mol. The van der Waals surface area contributed by atoms with Gasteiger partial charge in [-0.2, -0.15) is 0 Å². The van der Waals surface area contributed by atoms with Gasteiger partial charge in [0, 0.05) is 30.6 Å². The number of amides is 1. The molecule has 178 valence electrons. The van der Waals surface area contributed by atoms with Gasteiger partial charge in [-0.3, -0.25) is 19.3 Å². The number of hydrogen-bond acceptors (Lipinski definition) is 7. The Morgan fingerprint density at radius 3 is 2.46 bits per heavy atom. The van der Waals surface area contributed by atoms with Gasteiger partial charge in [0.25, 0.3) is 5.91 Å². The lowest BCUT2D eigenvalue weighted by Gasteiger charge is -2.35. The zero-order chi connectivity index (χ0) is 24.6. The van der Waals surface area contributed by atoms with Crippen molar-refractivity contribution in [3.63, 3.8) is 0 Å². The maximum absolute atomic E-state index is 14.8. The SMILES string of the molecule is CS(=O)(=O)c1ccc(-c2nnc([C@H]3C[C@H](NC(=O)c4ccccn4)C3)n2-c2ccccc2F)nc1. The van der Waals surface area contributed by atoms with Crippen LogP contribution in [-0.4, -0.2) is 51.4 Å². The van der Waals surface area contributed by atoms with E-state index in [1.54, 1.807) is 47.2 Å². The maximum Gasteiger partial charge on any atom is 0.270 e. The van der Waals surface area contributed by atoms with Crippen molar-refractivity contribution in [2.45, 2.75) is 29.7 Å². The number of benzene rings is 1. The fourth-order valence-corrected chi connectivity index (χ4v) is 4.59. The average Bonchev–Trinajstić information content (AvgIpc) is 3.25. The summed E-state index contributed by atoms with van der Waals surface area (Å²) in [6.07, 6.45) is 5.12. The van der Waals surface area contributed by atoms with Crippen LogP contribution in [0, 0.1) is 5.82 Å². The molecule has 1 amide bonds. The number of nitrogens with zero attached hydrogens (tertiary/aromatic N) is 5. The molecule has 4 aromatic rings. The van der Waals surface area contributed by atoms with Gasteiger partial charge in [0.2, 0.25) is 0 Å². The highest BCUT2D eigenvalue weighted by molar-refractivity contribution is 7.90. The number of rotatable bonds is 6. The highest BCUT2D eigenvalue weighted by atomic mass is 32.2. The minimum Gasteiger partial charge on any atom is -0.348 e. The van der Waals surface area contributed by atoms with Crippen molar-refractivity contribution in [1.82, 2.24) is 30.0 Å². The summed E-state index contributed by atoms with van der Waals surface area (Å²) in [4.78, 5) is 20.8. The summed E-state index contributed by atoms with van der Waals surface area (Å²) < 4.78 is 40.0. The van der Waals surface area contributed by atoms with Gasteiger partial charge in [0.1, 0.15) is 23.0 Å². The second-order valence-electron chi connectivity index (χ2n) is 8.37. The Balaban J connectivity index is 1.44. The maximum atomic E-state index is 14.8. The van der Waals surface area contributed by atoms with E-state index < -0.39 is 15.7 Å². The van der Waals surface area contributed by atoms with Crippen molar-refractivity contribution in [3.8, 4) is 17.2 Å². The third kappa shape index (κ3) is 4.54. The lowest BCUT2D eigenvalue weighted by atomic mass is 9.79. The number of hydrogen-bond donors (Lipinski definition) is 1. The minimum absolute atomic E-state index is 0.0693. The summed E-state index contributed by atoms with van der Waals surface area (Å²) in [5.74, 6) is 0.0658. The minimum atomic E-state index is -3.41. The van der Waals surface area contributed by atoms with Gasteiger partial charge in [-0.05, 0) is 49.2 Å². The number of carbonyl (C=O) groups excluding carboxylic acids is 1. The van der Waals surface area contributed by atoms with E-state index in [1.165, 1.54) is 24.4 Å². The second kappa shape index (κ2) is 8.99. The van der Waals surface area contributed by atoms with Crippen LogP contribution in [0.2, 0.25) is 0 Å². The molecule has 0 saturated heterocycles. The molecule has 1 fully saturated rings. The van der Waals surface area contributed by atoms with Gasteiger partial charge in [0.15, 0.2) is 15.7 Å². The number of aromatic nitrogens is 5. The molecule has 5 rings (SSSR count). The van der Waals surface area contributed by atoms with Crippen LogP contribution in [0.3, 0.4) is 0 Å². The van der Waals surface area contributed by atoms with Gasteiger partial charge < -0.3 is 5.32 Å². The molecule has 1 aliphatic rings. The van der Waals surface area contributed by atoms with E-state index >= 15 is 0 Å². The predicted octanol–water partition coefficient (Wildman–Crippen LogP) is 2.94. The summed E-state index contributed by atoms with van der Waals surface area (Å²) >= 11 is 0. The van der Waals surface area contributed by atoms with Crippen LogP contribution in [0.15, 0.2) is 71.9 Å². The van der Waals surface area contributed by atoms with Crippen LogP contribution < -0.4 is 5.32 Å². The van der Waals surface area contributed by atoms with Gasteiger partial charge in [-0.25, -0.2) is 12.8 Å². The molecule has 0 unspecified atom stereocenters. The standard InChI is InChI=1S/C24H21FN6O3S/c1-35(33,34)17-9-10-19(27-14-17)23-30-29-22(31(23)21-8-3-2-6-18(21)25)15-12-16(13-15)28-24(32)20-7-4-5-11-26-20/h2-11,14-16H,12-13H2,1H3,(H,28,32)/t15-,16-. The highest BCUT2D eigenvalue weighted by Gasteiger charge is 2.36. The Kier molecular flexibility index (Phi) is 5.85. The topological polar surface area (TPSA) is 120 Å². The molecule has 1 saturated carbocycles. The molecule has 3 aromatic heterocycles. The first-order valence-electron chi connectivity index (χ1n) is 10.9. The van der Waals surface area contributed by atoms with E-state index in [0.717, 1.165) is 6.26 Å². The first-order chi connectivity index (χ1) is 16.8. The molecule has 0 aliphatic heterocycles. The lowest BCUT2D eigenvalue weighted by molar-refractivity contribution is 0.0902. The molecular formula is C24H21FN6O3S. The molecule has 9 nitrogen and oxygen atoms in total. The lowest BCUT2D eigenvalue weighted by Crippen LogP contribution is -2.44. The van der Waals surface area contributed by atoms with Gasteiger partial charge >= 0.3 is 0 Å². The zero-order valence-electron chi connectivity index (χ0n) is 18.7. The van der Waals surface area contributed by atoms with Crippen LogP contribution in [-0.2, 0) is 9.84 Å². The van der Waals surface area contributed by atoms with Gasteiger partial charge in [-0.15, -0.1) is 10.2 Å². The molecule has 0 spiro atoms. The molecular weight excluding hydrogens is 471 g/mol. The van der Waals surface area contributed by atoms with Gasteiger partial charge in [0.05, 0.1) is 10.6 Å². The summed E-state index contributed by atoms with van der Waals surface area (Å²) in [6.45, 7) is 0. The quantitative estimate of drug-likeness (QED) is 0.439. The number of pyridine rings is 2. The normalized spacial score (nSPS) is 17.5. The Bertz CT molecular complexity index is 1480. The van der Waals surface area contributed by atoms with E-state index in [-0.39, 0.29) is 28.4 Å². The summed E-state index contributed by atoms with van der Waals surface area (Å²) in [7, 11) is -3.41. The monoisotopic (exact) mass is 492 g/mol. The van der Waals surface area contributed by atoms with Crippen LogP contribution in [0.25, 0.3) is 17.2 Å². The first kappa shape index (κ1) is 22.8. The summed E-state index contributed by atoms with van der Waals surface area (Å²) in [5.41, 5.74) is 0.965. The van der Waals surface area contributed by atoms with Crippen LogP contribution in [0.4, 0.5) is 4.39 Å². The molecule has 11 heteroatoms. The Labute approximate surface area is 201 Å². The Morgan fingerprint density at radius 2 is 1.80 bits per heavy atom. The number of carbonyl (C=O) groups is 1. The molecule has 0 bridgehead atoms. The van der Waals surface area contributed by atoms with Crippen LogP contribution >= 0.6 is 0 Å². The largest absolute Gasteiger partial charge is 0.348 e. The van der Waals surface area contributed by atoms with E-state index in [0.29, 0.717) is 35.9 Å². The Morgan fingerprint density at radius 1 is 1.03 bits per heavy atom. The van der Waals surface area contributed by atoms with E-state index in [1.807, 2.05) is 0 Å². The fraction of sp³-hybridized carbons (Fsp3) is 0.208. The van der Waals surface area contributed by atoms with E-state index in [9.17, 15) is 17.6 Å². The molecule has 0 atom stereocenters. The first-order valence-corrected chi connectivity index (χ1v) is 12.8. The van der Waals surface area contributed by atoms with E-state index in [2.05, 4.69) is 25.5 Å². The van der Waals surface area contributed by atoms with Crippen molar-refractivity contribution in [2.75, 3.05) is 6.26 Å². The zero-order valence-corrected chi connectivity index (χ0v) is 19.5. The number of para-hydroxylation sites is 1.